The number of nitrogens with zero attached hydrogens (tertiary/aromatic N) is 2. The van der Waals surface area contributed by atoms with E-state index >= 15 is 0 Å². The first-order valence-electron chi connectivity index (χ1n) is 8.05. The van der Waals surface area contributed by atoms with Gasteiger partial charge in [0.25, 0.3) is 0 Å². The number of aromatic nitrogens is 2. The largest absolute Gasteiger partial charge is 0.394 e. The highest BCUT2D eigenvalue weighted by atomic mass is 16.3. The van der Waals surface area contributed by atoms with Crippen molar-refractivity contribution in [3.05, 3.63) is 27.4 Å². The molecule has 1 unspecified atom stereocenters. The molecule has 2 heterocycles. The van der Waals surface area contributed by atoms with E-state index in [9.17, 15) is 14.7 Å². The number of hydrogen-bond acceptors (Lipinski definition) is 5. The predicted octanol–water partition coefficient (Wildman–Crippen LogP) is -0.0889. The molecule has 1 saturated heterocycles. The Morgan fingerprint density at radius 1 is 1.39 bits per heavy atom. The fourth-order valence-electron chi connectivity index (χ4n) is 3.20. The van der Waals surface area contributed by atoms with Gasteiger partial charge in [-0.1, -0.05) is 0 Å². The number of H-pyrrole nitrogens is 1. The maximum absolute atomic E-state index is 12.3. The number of aliphatic hydroxyl groups excluding tert-OH is 2. The lowest BCUT2D eigenvalue weighted by Crippen LogP contribution is -2.42. The molecule has 1 atom stereocenters. The van der Waals surface area contributed by atoms with E-state index in [4.69, 9.17) is 5.11 Å². The van der Waals surface area contributed by atoms with E-state index in [1.807, 2.05) is 11.8 Å². The van der Waals surface area contributed by atoms with Crippen molar-refractivity contribution in [2.24, 2.45) is 5.92 Å². The minimum absolute atomic E-state index is 0.0666. The Hall–Kier alpha value is -1.73. The lowest BCUT2D eigenvalue weighted by atomic mass is 9.91. The predicted molar refractivity (Wildman–Crippen MR) is 85.0 cm³/mol. The summed E-state index contributed by atoms with van der Waals surface area (Å²) in [6.07, 6.45) is 1.67. The van der Waals surface area contributed by atoms with Gasteiger partial charge >= 0.3 is 5.69 Å². The van der Waals surface area contributed by atoms with E-state index < -0.39 is 6.10 Å². The van der Waals surface area contributed by atoms with Crippen LogP contribution in [0.25, 0.3) is 0 Å². The lowest BCUT2D eigenvalue weighted by molar-refractivity contribution is -0.133. The van der Waals surface area contributed by atoms with Gasteiger partial charge in [-0.2, -0.15) is 4.98 Å². The molecule has 1 aromatic rings. The number of carbonyl (C=O) groups excluding carboxylic acids is 1. The zero-order chi connectivity index (χ0) is 17.0. The van der Waals surface area contributed by atoms with Gasteiger partial charge < -0.3 is 20.1 Å². The molecule has 1 amide bonds. The first-order valence-corrected chi connectivity index (χ1v) is 8.05. The molecule has 7 nitrogen and oxygen atoms in total. The van der Waals surface area contributed by atoms with Gasteiger partial charge in [-0.05, 0) is 44.6 Å². The second-order valence-electron chi connectivity index (χ2n) is 6.20. The number of amides is 1. The van der Waals surface area contributed by atoms with Crippen LogP contribution < -0.4 is 5.69 Å². The van der Waals surface area contributed by atoms with Crippen LogP contribution in [0.3, 0.4) is 0 Å². The molecular formula is C16H25N3O4. The number of hydrogen-bond donors (Lipinski definition) is 3. The summed E-state index contributed by atoms with van der Waals surface area (Å²) in [5.74, 6) is 0.142. The smallest absolute Gasteiger partial charge is 0.345 e. The van der Waals surface area contributed by atoms with Crippen molar-refractivity contribution < 1.29 is 15.0 Å². The molecule has 3 N–H and O–H groups in total. The maximum atomic E-state index is 12.3. The molecule has 0 radical (unpaired) electrons. The third kappa shape index (κ3) is 4.39. The van der Waals surface area contributed by atoms with Crippen LogP contribution in [0.5, 0.6) is 0 Å². The van der Waals surface area contributed by atoms with E-state index in [1.165, 1.54) is 0 Å². The number of piperidine rings is 1. The topological polar surface area (TPSA) is 107 Å². The summed E-state index contributed by atoms with van der Waals surface area (Å²) in [7, 11) is 0. The number of carbonyl (C=O) groups is 1. The maximum Gasteiger partial charge on any atom is 0.345 e. The summed E-state index contributed by atoms with van der Waals surface area (Å²) in [5.41, 5.74) is 1.99. The molecule has 0 aliphatic carbocycles. The van der Waals surface area contributed by atoms with Gasteiger partial charge in [-0.3, -0.25) is 4.79 Å². The molecule has 0 spiro atoms. The zero-order valence-electron chi connectivity index (χ0n) is 13.7. The summed E-state index contributed by atoms with van der Waals surface area (Å²) in [4.78, 5) is 32.0. The summed E-state index contributed by atoms with van der Waals surface area (Å²) < 4.78 is 0. The molecule has 1 aliphatic rings. The van der Waals surface area contributed by atoms with Crippen molar-refractivity contribution >= 4 is 5.91 Å². The third-order valence-electron chi connectivity index (χ3n) is 4.67. The molecule has 23 heavy (non-hydrogen) atoms. The van der Waals surface area contributed by atoms with Gasteiger partial charge in [0.1, 0.15) is 0 Å². The van der Waals surface area contributed by atoms with Gasteiger partial charge in [-0.15, -0.1) is 0 Å². The Kier molecular flexibility index (Phi) is 5.90. The average molecular weight is 323 g/mol. The third-order valence-corrected chi connectivity index (χ3v) is 4.67. The van der Waals surface area contributed by atoms with E-state index in [-0.39, 0.29) is 24.1 Å². The van der Waals surface area contributed by atoms with Crippen LogP contribution in [0.1, 0.15) is 36.2 Å². The Balaban J connectivity index is 1.88. The van der Waals surface area contributed by atoms with Crippen molar-refractivity contribution in [1.29, 1.82) is 0 Å². The number of aromatic amines is 1. The molecule has 0 bridgehead atoms. The summed E-state index contributed by atoms with van der Waals surface area (Å²) >= 11 is 0. The van der Waals surface area contributed by atoms with Crippen LogP contribution in [0, 0.1) is 19.8 Å². The SMILES string of the molecule is Cc1nc(=O)[nH]c(C)c1CCC(=O)N1CCC(C(O)CO)CC1. The van der Waals surface area contributed by atoms with E-state index in [0.717, 1.165) is 11.3 Å². The molecule has 1 aromatic heterocycles. The first kappa shape index (κ1) is 17.6. The molecule has 0 aromatic carbocycles. The van der Waals surface area contributed by atoms with Crippen LogP contribution in [0.4, 0.5) is 0 Å². The highest BCUT2D eigenvalue weighted by molar-refractivity contribution is 5.76. The second kappa shape index (κ2) is 7.70. The van der Waals surface area contributed by atoms with Crippen LogP contribution in [0.2, 0.25) is 0 Å². The minimum atomic E-state index is -0.690. The van der Waals surface area contributed by atoms with Crippen molar-refractivity contribution in [3.63, 3.8) is 0 Å². The zero-order valence-corrected chi connectivity index (χ0v) is 13.7. The highest BCUT2D eigenvalue weighted by Crippen LogP contribution is 2.21. The fourth-order valence-corrected chi connectivity index (χ4v) is 3.20. The van der Waals surface area contributed by atoms with Gasteiger partial charge in [0.05, 0.1) is 12.7 Å². The van der Waals surface area contributed by atoms with Gasteiger partial charge in [-0.25, -0.2) is 4.79 Å². The minimum Gasteiger partial charge on any atom is -0.394 e. The first-order chi connectivity index (χ1) is 10.9. The van der Waals surface area contributed by atoms with E-state index in [2.05, 4.69) is 9.97 Å². The van der Waals surface area contributed by atoms with Crippen LogP contribution >= 0.6 is 0 Å². The van der Waals surface area contributed by atoms with Gasteiger partial charge in [0.15, 0.2) is 0 Å². The Labute approximate surface area is 135 Å². The van der Waals surface area contributed by atoms with Gasteiger partial charge in [0.2, 0.25) is 5.91 Å². The molecule has 7 heteroatoms. The monoisotopic (exact) mass is 323 g/mol. The fraction of sp³-hybridized carbons (Fsp3) is 0.688. The molecule has 1 aliphatic heterocycles. The number of aliphatic hydroxyl groups is 2. The molecule has 0 saturated carbocycles. The Morgan fingerprint density at radius 3 is 2.61 bits per heavy atom. The van der Waals surface area contributed by atoms with Crippen LogP contribution in [-0.4, -0.2) is 56.8 Å². The van der Waals surface area contributed by atoms with E-state index in [1.54, 1.807) is 6.92 Å². The number of likely N-dealkylation sites (tertiary alicyclic amines) is 1. The van der Waals surface area contributed by atoms with Crippen LogP contribution in [-0.2, 0) is 11.2 Å². The number of rotatable bonds is 5. The normalized spacial score (nSPS) is 17.3. The quantitative estimate of drug-likeness (QED) is 0.702. The molecule has 128 valence electrons. The number of nitrogens with one attached hydrogen (secondary N) is 1. The van der Waals surface area contributed by atoms with Crippen molar-refractivity contribution in [2.45, 2.75) is 45.6 Å². The van der Waals surface area contributed by atoms with Crippen molar-refractivity contribution in [1.82, 2.24) is 14.9 Å². The highest BCUT2D eigenvalue weighted by Gasteiger charge is 2.26. The number of aryl methyl sites for hydroxylation is 2. The second-order valence-corrected chi connectivity index (χ2v) is 6.20. The average Bonchev–Trinajstić information content (AvgIpc) is 2.53. The van der Waals surface area contributed by atoms with Crippen molar-refractivity contribution in [3.8, 4) is 0 Å². The summed E-state index contributed by atoms with van der Waals surface area (Å²) in [6, 6.07) is 0. The standard InChI is InChI=1S/C16H25N3O4/c1-10-13(11(2)18-16(23)17-10)3-4-15(22)19-7-5-12(6-8-19)14(21)9-20/h12,14,20-21H,3-9H2,1-2H3,(H,17,18,23). The van der Waals surface area contributed by atoms with Gasteiger partial charge in [0, 0.05) is 30.9 Å². The van der Waals surface area contributed by atoms with E-state index in [0.29, 0.717) is 44.5 Å². The van der Waals surface area contributed by atoms with Crippen LogP contribution in [0.15, 0.2) is 4.79 Å². The molecule has 2 rings (SSSR count). The Bertz CT molecular complexity index is 580. The van der Waals surface area contributed by atoms with Crippen molar-refractivity contribution in [2.75, 3.05) is 19.7 Å². The molecule has 1 fully saturated rings. The Morgan fingerprint density at radius 2 is 2.04 bits per heavy atom. The lowest BCUT2D eigenvalue weighted by Gasteiger charge is -2.33. The summed E-state index contributed by atoms with van der Waals surface area (Å²) in [5, 5.41) is 18.6. The summed E-state index contributed by atoms with van der Waals surface area (Å²) in [6.45, 7) is 4.60. The molecular weight excluding hydrogens is 298 g/mol.